The van der Waals surface area contributed by atoms with Crippen LogP contribution in [0.2, 0.25) is 0 Å². The Morgan fingerprint density at radius 2 is 1.95 bits per heavy atom. The van der Waals surface area contributed by atoms with Gasteiger partial charge in [0, 0.05) is 12.7 Å². The molecular weight excluding hydrogens is 252 g/mol. The monoisotopic (exact) mass is 268 g/mol. The number of hydrogen-bond donors (Lipinski definition) is 1. The summed E-state index contributed by atoms with van der Waals surface area (Å²) in [6.07, 6.45) is 4.96. The van der Waals surface area contributed by atoms with Crippen molar-refractivity contribution in [2.45, 2.75) is 6.61 Å². The molecule has 0 unspecified atom stereocenters. The lowest BCUT2D eigenvalue weighted by Gasteiger charge is -2.05. The molecule has 1 heterocycles. The number of hydrogen-bond acceptors (Lipinski definition) is 3. The van der Waals surface area contributed by atoms with E-state index >= 15 is 0 Å². The van der Waals surface area contributed by atoms with Crippen molar-refractivity contribution in [2.24, 2.45) is 0 Å². The van der Waals surface area contributed by atoms with Crippen molar-refractivity contribution in [2.75, 3.05) is 6.54 Å². The summed E-state index contributed by atoms with van der Waals surface area (Å²) in [4.78, 5) is 15.6. The highest BCUT2D eigenvalue weighted by molar-refractivity contribution is 5.67. The number of carbonyl (C=O) groups is 1. The Hall–Kier alpha value is -2.62. The van der Waals surface area contributed by atoms with Crippen molar-refractivity contribution < 1.29 is 9.53 Å². The van der Waals surface area contributed by atoms with E-state index in [1.807, 2.05) is 60.7 Å². The number of nitrogens with zero attached hydrogens (tertiary/aromatic N) is 1. The van der Waals surface area contributed by atoms with Crippen LogP contribution in [0.1, 0.15) is 11.3 Å². The Labute approximate surface area is 118 Å². The summed E-state index contributed by atoms with van der Waals surface area (Å²) in [6.45, 7) is 0.681. The molecule has 20 heavy (non-hydrogen) atoms. The lowest BCUT2D eigenvalue weighted by molar-refractivity contribution is 0.141. The largest absolute Gasteiger partial charge is 0.445 e. The van der Waals surface area contributed by atoms with Gasteiger partial charge in [0.1, 0.15) is 6.61 Å². The second kappa shape index (κ2) is 7.74. The first-order valence-electron chi connectivity index (χ1n) is 6.37. The number of pyridine rings is 1. The molecule has 0 aliphatic carbocycles. The Balaban J connectivity index is 1.67. The van der Waals surface area contributed by atoms with Gasteiger partial charge in [-0.05, 0) is 23.8 Å². The molecule has 0 spiro atoms. The molecule has 0 fully saturated rings. The lowest BCUT2D eigenvalue weighted by Crippen LogP contribution is -2.24. The maximum Gasteiger partial charge on any atom is 0.407 e. The summed E-state index contributed by atoms with van der Waals surface area (Å²) in [6, 6.07) is 15.2. The zero-order valence-corrected chi connectivity index (χ0v) is 11.0. The molecule has 1 N–H and O–H groups in total. The smallest absolute Gasteiger partial charge is 0.407 e. The average molecular weight is 268 g/mol. The fourth-order valence-electron chi connectivity index (χ4n) is 1.57. The lowest BCUT2D eigenvalue weighted by atomic mass is 10.2. The number of amides is 1. The first-order valence-corrected chi connectivity index (χ1v) is 6.37. The summed E-state index contributed by atoms with van der Waals surface area (Å²) < 4.78 is 5.08. The Morgan fingerprint density at radius 3 is 2.70 bits per heavy atom. The van der Waals surface area contributed by atoms with Gasteiger partial charge in [-0.3, -0.25) is 4.98 Å². The normalized spacial score (nSPS) is 10.4. The van der Waals surface area contributed by atoms with E-state index in [0.717, 1.165) is 11.3 Å². The van der Waals surface area contributed by atoms with Gasteiger partial charge in [0.2, 0.25) is 0 Å². The standard InChI is InChI=1S/C16H16N2O2/c19-16(20-13-14-7-2-1-3-8-14)18-12-6-10-15-9-4-5-11-17-15/h1-11H,12-13H2,(H,18,19). The zero-order chi connectivity index (χ0) is 14.0. The maximum absolute atomic E-state index is 11.4. The fraction of sp³-hybridized carbons (Fsp3) is 0.125. The van der Waals surface area contributed by atoms with E-state index in [4.69, 9.17) is 4.74 Å². The molecule has 0 saturated heterocycles. The SMILES string of the molecule is O=C(NCC=Cc1ccccn1)OCc1ccccc1. The summed E-state index contributed by atoms with van der Waals surface area (Å²) in [7, 11) is 0. The van der Waals surface area contributed by atoms with Gasteiger partial charge in [0.05, 0.1) is 5.69 Å². The number of alkyl carbamates (subject to hydrolysis) is 1. The molecule has 4 heteroatoms. The molecule has 102 valence electrons. The molecule has 2 aromatic rings. The van der Waals surface area contributed by atoms with Crippen LogP contribution in [-0.4, -0.2) is 17.6 Å². The van der Waals surface area contributed by atoms with Crippen molar-refractivity contribution in [1.29, 1.82) is 0 Å². The molecule has 0 bridgehead atoms. The van der Waals surface area contributed by atoms with Crippen molar-refractivity contribution >= 4 is 12.2 Å². The van der Waals surface area contributed by atoms with Gasteiger partial charge >= 0.3 is 6.09 Å². The molecule has 1 amide bonds. The topological polar surface area (TPSA) is 51.2 Å². The van der Waals surface area contributed by atoms with Gasteiger partial charge in [-0.25, -0.2) is 4.79 Å². The van der Waals surface area contributed by atoms with Gasteiger partial charge in [-0.15, -0.1) is 0 Å². The van der Waals surface area contributed by atoms with Crippen LogP contribution >= 0.6 is 0 Å². The van der Waals surface area contributed by atoms with Crippen LogP contribution in [0.5, 0.6) is 0 Å². The molecular formula is C16H16N2O2. The summed E-state index contributed by atoms with van der Waals surface area (Å²) in [5, 5.41) is 2.65. The first kappa shape index (κ1) is 13.8. The molecule has 0 saturated carbocycles. The third kappa shape index (κ3) is 4.94. The minimum absolute atomic E-state index is 0.274. The van der Waals surface area contributed by atoms with Crippen LogP contribution in [0.15, 0.2) is 60.8 Å². The van der Waals surface area contributed by atoms with E-state index in [-0.39, 0.29) is 6.61 Å². The predicted octanol–water partition coefficient (Wildman–Crippen LogP) is 3.02. The van der Waals surface area contributed by atoms with E-state index in [1.54, 1.807) is 6.20 Å². The summed E-state index contributed by atoms with van der Waals surface area (Å²) in [5.74, 6) is 0. The van der Waals surface area contributed by atoms with E-state index in [1.165, 1.54) is 0 Å². The Bertz CT molecular complexity index is 553. The van der Waals surface area contributed by atoms with Crippen LogP contribution in [0.3, 0.4) is 0 Å². The number of benzene rings is 1. The van der Waals surface area contributed by atoms with Crippen LogP contribution in [-0.2, 0) is 11.3 Å². The molecule has 2 rings (SSSR count). The number of rotatable bonds is 5. The minimum atomic E-state index is -0.431. The van der Waals surface area contributed by atoms with Crippen LogP contribution in [0.4, 0.5) is 4.79 Å². The van der Waals surface area contributed by atoms with Gasteiger partial charge < -0.3 is 10.1 Å². The van der Waals surface area contributed by atoms with Gasteiger partial charge in [0.25, 0.3) is 0 Å². The van der Waals surface area contributed by atoms with E-state index < -0.39 is 6.09 Å². The number of carbonyl (C=O) groups excluding carboxylic acids is 1. The summed E-state index contributed by atoms with van der Waals surface area (Å²) >= 11 is 0. The maximum atomic E-state index is 11.4. The van der Waals surface area contributed by atoms with E-state index in [0.29, 0.717) is 6.54 Å². The molecule has 4 nitrogen and oxygen atoms in total. The Kier molecular flexibility index (Phi) is 5.34. The molecule has 0 aliphatic rings. The number of nitrogens with one attached hydrogen (secondary N) is 1. The second-order valence-corrected chi connectivity index (χ2v) is 4.10. The Morgan fingerprint density at radius 1 is 1.15 bits per heavy atom. The van der Waals surface area contributed by atoms with Gasteiger partial charge in [-0.2, -0.15) is 0 Å². The highest BCUT2D eigenvalue weighted by Gasteiger charge is 1.99. The molecule has 0 atom stereocenters. The van der Waals surface area contributed by atoms with Crippen LogP contribution in [0, 0.1) is 0 Å². The zero-order valence-electron chi connectivity index (χ0n) is 11.0. The minimum Gasteiger partial charge on any atom is -0.445 e. The fourth-order valence-corrected chi connectivity index (χ4v) is 1.57. The van der Waals surface area contributed by atoms with E-state index in [9.17, 15) is 4.79 Å². The van der Waals surface area contributed by atoms with Crippen molar-refractivity contribution in [1.82, 2.24) is 10.3 Å². The highest BCUT2D eigenvalue weighted by atomic mass is 16.5. The van der Waals surface area contributed by atoms with E-state index in [2.05, 4.69) is 10.3 Å². The molecule has 0 radical (unpaired) electrons. The third-order valence-corrected chi connectivity index (χ3v) is 2.55. The van der Waals surface area contributed by atoms with Crippen molar-refractivity contribution in [3.8, 4) is 0 Å². The van der Waals surface area contributed by atoms with Crippen LogP contribution in [0.25, 0.3) is 6.08 Å². The third-order valence-electron chi connectivity index (χ3n) is 2.55. The summed E-state index contributed by atoms with van der Waals surface area (Å²) in [5.41, 5.74) is 1.82. The quantitative estimate of drug-likeness (QED) is 0.906. The second-order valence-electron chi connectivity index (χ2n) is 4.10. The molecule has 1 aromatic heterocycles. The molecule has 1 aromatic carbocycles. The number of ether oxygens (including phenoxy) is 1. The number of aromatic nitrogens is 1. The van der Waals surface area contributed by atoms with Crippen molar-refractivity contribution in [3.05, 3.63) is 72.1 Å². The van der Waals surface area contributed by atoms with Crippen molar-refractivity contribution in [3.63, 3.8) is 0 Å². The van der Waals surface area contributed by atoms with Crippen LogP contribution < -0.4 is 5.32 Å². The van der Waals surface area contributed by atoms with Gasteiger partial charge in [0.15, 0.2) is 0 Å². The average Bonchev–Trinajstić information content (AvgIpc) is 2.52. The highest BCUT2D eigenvalue weighted by Crippen LogP contribution is 2.00. The predicted molar refractivity (Wildman–Crippen MR) is 77.9 cm³/mol. The molecule has 0 aliphatic heterocycles. The van der Waals surface area contributed by atoms with Gasteiger partial charge in [-0.1, -0.05) is 42.5 Å². The first-order chi connectivity index (χ1) is 9.84.